The molecule has 5 rings (SSSR count). The molecule has 1 fully saturated rings. The Bertz CT molecular complexity index is 1280. The van der Waals surface area contributed by atoms with Crippen LogP contribution in [0, 0.1) is 0 Å². The lowest BCUT2D eigenvalue weighted by Gasteiger charge is -2.26. The van der Waals surface area contributed by atoms with E-state index in [9.17, 15) is 13.2 Å². The second-order valence-corrected chi connectivity index (χ2v) is 8.90. The van der Waals surface area contributed by atoms with E-state index in [1.165, 1.54) is 44.5 Å². The molecular formula is C28H27F3N2O3. The highest BCUT2D eigenvalue weighted by molar-refractivity contribution is 5.77. The number of alkyl halides is 3. The van der Waals surface area contributed by atoms with Gasteiger partial charge >= 0.3 is 6.18 Å². The topological polar surface area (TPSA) is 47.7 Å². The molecule has 0 aliphatic carbocycles. The Kier molecular flexibility index (Phi) is 7.13. The van der Waals surface area contributed by atoms with E-state index in [1.54, 1.807) is 18.2 Å². The number of rotatable bonds is 8. The van der Waals surface area contributed by atoms with Gasteiger partial charge in [0.05, 0.1) is 12.2 Å². The number of halogens is 3. The summed E-state index contributed by atoms with van der Waals surface area (Å²) in [5, 5.41) is 0. The number of hydrogen-bond acceptors (Lipinski definition) is 5. The highest BCUT2D eigenvalue weighted by Gasteiger charge is 2.30. The molecule has 5 nitrogen and oxygen atoms in total. The van der Waals surface area contributed by atoms with E-state index in [0.717, 1.165) is 36.4 Å². The molecule has 1 saturated heterocycles. The molecule has 0 bridgehead atoms. The summed E-state index contributed by atoms with van der Waals surface area (Å²) >= 11 is 0. The first-order chi connectivity index (χ1) is 17.4. The zero-order valence-corrected chi connectivity index (χ0v) is 19.8. The van der Waals surface area contributed by atoms with Crippen molar-refractivity contribution in [3.63, 3.8) is 0 Å². The molecule has 8 heteroatoms. The fourth-order valence-corrected chi connectivity index (χ4v) is 4.29. The minimum absolute atomic E-state index is 0.300. The first-order valence-corrected chi connectivity index (χ1v) is 12.2. The molecule has 3 aromatic carbocycles. The molecule has 36 heavy (non-hydrogen) atoms. The molecular weight excluding hydrogens is 469 g/mol. The van der Waals surface area contributed by atoms with Crippen LogP contribution in [0.25, 0.3) is 22.6 Å². The third kappa shape index (κ3) is 5.99. The summed E-state index contributed by atoms with van der Waals surface area (Å²) in [4.78, 5) is 7.04. The van der Waals surface area contributed by atoms with E-state index in [2.05, 4.69) is 9.88 Å². The average molecular weight is 497 g/mol. The molecule has 0 saturated carbocycles. The van der Waals surface area contributed by atoms with Gasteiger partial charge in [0.15, 0.2) is 5.58 Å². The summed E-state index contributed by atoms with van der Waals surface area (Å²) in [6.07, 6.45) is 0.559. The smallest absolute Gasteiger partial charge is 0.416 e. The Balaban J connectivity index is 1.19. The van der Waals surface area contributed by atoms with E-state index in [1.807, 2.05) is 24.3 Å². The van der Waals surface area contributed by atoms with Gasteiger partial charge in [0, 0.05) is 18.2 Å². The molecule has 0 N–H and O–H groups in total. The Morgan fingerprint density at radius 3 is 2.25 bits per heavy atom. The van der Waals surface area contributed by atoms with Crippen LogP contribution in [0.4, 0.5) is 13.2 Å². The standard InChI is InChI=1S/C28H27F3N2O3/c29-28(30,31)21-7-11-23(12-8-21)35-24-13-14-25-26(19-24)36-27(32-25)20-5-9-22(10-6-20)34-18-4-17-33-15-2-1-3-16-33/h5-14,19H,1-4,15-18H2. The summed E-state index contributed by atoms with van der Waals surface area (Å²) in [7, 11) is 0. The van der Waals surface area contributed by atoms with Crippen LogP contribution < -0.4 is 9.47 Å². The second-order valence-electron chi connectivity index (χ2n) is 8.90. The third-order valence-corrected chi connectivity index (χ3v) is 6.21. The SMILES string of the molecule is FC(F)(F)c1ccc(Oc2ccc3nc(-c4ccc(OCCCN5CCCCC5)cc4)oc3c2)cc1. The van der Waals surface area contributed by atoms with E-state index >= 15 is 0 Å². The summed E-state index contributed by atoms with van der Waals surface area (Å²) in [6.45, 7) is 4.15. The van der Waals surface area contributed by atoms with Gasteiger partial charge in [-0.2, -0.15) is 13.2 Å². The summed E-state index contributed by atoms with van der Waals surface area (Å²) in [5.41, 5.74) is 1.27. The van der Waals surface area contributed by atoms with Crippen molar-refractivity contribution < 1.29 is 27.1 Å². The van der Waals surface area contributed by atoms with Gasteiger partial charge in [0.25, 0.3) is 0 Å². The van der Waals surface area contributed by atoms with Gasteiger partial charge in [-0.15, -0.1) is 0 Å². The van der Waals surface area contributed by atoms with Crippen molar-refractivity contribution in [2.75, 3.05) is 26.2 Å². The molecule has 1 aliphatic heterocycles. The van der Waals surface area contributed by atoms with Crippen molar-refractivity contribution in [3.05, 3.63) is 72.3 Å². The van der Waals surface area contributed by atoms with Gasteiger partial charge in [-0.1, -0.05) is 6.42 Å². The maximum Gasteiger partial charge on any atom is 0.416 e. The number of aromatic nitrogens is 1. The number of oxazole rings is 1. The van der Waals surface area contributed by atoms with Gasteiger partial charge in [-0.25, -0.2) is 4.98 Å². The van der Waals surface area contributed by atoms with E-state index in [4.69, 9.17) is 13.9 Å². The number of fused-ring (bicyclic) bond motifs is 1. The summed E-state index contributed by atoms with van der Waals surface area (Å²) < 4.78 is 55.8. The van der Waals surface area contributed by atoms with Crippen LogP contribution in [0.5, 0.6) is 17.2 Å². The highest BCUT2D eigenvalue weighted by atomic mass is 19.4. The van der Waals surface area contributed by atoms with Crippen molar-refractivity contribution in [1.82, 2.24) is 9.88 Å². The summed E-state index contributed by atoms with van der Waals surface area (Å²) in [5.74, 6) is 2.01. The summed E-state index contributed by atoms with van der Waals surface area (Å²) in [6, 6.07) is 17.3. The largest absolute Gasteiger partial charge is 0.494 e. The van der Waals surface area contributed by atoms with Gasteiger partial charge in [-0.05, 0) is 93.0 Å². The molecule has 2 heterocycles. The van der Waals surface area contributed by atoms with Crippen LogP contribution in [0.2, 0.25) is 0 Å². The number of benzene rings is 3. The lowest BCUT2D eigenvalue weighted by Crippen LogP contribution is -2.31. The molecule has 0 radical (unpaired) electrons. The molecule has 1 aliphatic rings. The lowest BCUT2D eigenvalue weighted by molar-refractivity contribution is -0.137. The van der Waals surface area contributed by atoms with Gasteiger partial charge in [-0.3, -0.25) is 0 Å². The van der Waals surface area contributed by atoms with Crippen LogP contribution in [-0.4, -0.2) is 36.1 Å². The van der Waals surface area contributed by atoms with E-state index in [-0.39, 0.29) is 0 Å². The van der Waals surface area contributed by atoms with E-state index < -0.39 is 11.7 Å². The van der Waals surface area contributed by atoms with Crippen molar-refractivity contribution in [2.45, 2.75) is 31.9 Å². The first kappa shape index (κ1) is 24.2. The van der Waals surface area contributed by atoms with Crippen molar-refractivity contribution in [3.8, 4) is 28.7 Å². The second kappa shape index (κ2) is 10.6. The predicted octanol–water partition coefficient (Wildman–Crippen LogP) is 7.56. The number of hydrogen-bond donors (Lipinski definition) is 0. The molecule has 0 atom stereocenters. The minimum atomic E-state index is -4.38. The molecule has 0 spiro atoms. The zero-order chi connectivity index (χ0) is 25.0. The third-order valence-electron chi connectivity index (χ3n) is 6.21. The first-order valence-electron chi connectivity index (χ1n) is 12.2. The number of likely N-dealkylation sites (tertiary alicyclic amines) is 1. The Labute approximate surface area is 207 Å². The van der Waals surface area contributed by atoms with Crippen LogP contribution in [0.15, 0.2) is 71.1 Å². The van der Waals surface area contributed by atoms with Crippen molar-refractivity contribution in [2.24, 2.45) is 0 Å². The van der Waals surface area contributed by atoms with Crippen LogP contribution >= 0.6 is 0 Å². The number of nitrogens with zero attached hydrogens (tertiary/aromatic N) is 2. The van der Waals surface area contributed by atoms with Crippen LogP contribution in [0.3, 0.4) is 0 Å². The van der Waals surface area contributed by atoms with Crippen LogP contribution in [0.1, 0.15) is 31.2 Å². The molecule has 0 amide bonds. The van der Waals surface area contributed by atoms with Gasteiger partial charge in [0.1, 0.15) is 22.8 Å². The number of piperidine rings is 1. The minimum Gasteiger partial charge on any atom is -0.494 e. The van der Waals surface area contributed by atoms with Gasteiger partial charge in [0.2, 0.25) is 5.89 Å². The fourth-order valence-electron chi connectivity index (χ4n) is 4.29. The lowest BCUT2D eigenvalue weighted by atomic mass is 10.1. The Morgan fingerprint density at radius 1 is 0.833 bits per heavy atom. The Hall–Kier alpha value is -3.52. The van der Waals surface area contributed by atoms with Crippen molar-refractivity contribution >= 4 is 11.1 Å². The van der Waals surface area contributed by atoms with Crippen molar-refractivity contribution in [1.29, 1.82) is 0 Å². The van der Waals surface area contributed by atoms with E-state index in [0.29, 0.717) is 35.1 Å². The maximum absolute atomic E-state index is 12.8. The molecule has 4 aromatic rings. The monoisotopic (exact) mass is 496 g/mol. The molecule has 1 aromatic heterocycles. The average Bonchev–Trinajstić information content (AvgIpc) is 3.31. The fraction of sp³-hybridized carbons (Fsp3) is 0.321. The normalized spacial score (nSPS) is 14.8. The maximum atomic E-state index is 12.8. The van der Waals surface area contributed by atoms with Crippen LogP contribution in [-0.2, 0) is 6.18 Å². The number of ether oxygens (including phenoxy) is 2. The predicted molar refractivity (Wildman–Crippen MR) is 131 cm³/mol. The highest BCUT2D eigenvalue weighted by Crippen LogP contribution is 2.33. The quantitative estimate of drug-likeness (QED) is 0.236. The Morgan fingerprint density at radius 2 is 1.53 bits per heavy atom. The molecule has 188 valence electrons. The molecule has 0 unspecified atom stereocenters. The zero-order valence-electron chi connectivity index (χ0n) is 19.8. The van der Waals surface area contributed by atoms with Gasteiger partial charge < -0.3 is 18.8 Å².